The van der Waals surface area contributed by atoms with Crippen LogP contribution >= 0.6 is 0 Å². The Balaban J connectivity index is -0.0000000300. The van der Waals surface area contributed by atoms with Crippen molar-refractivity contribution in [3.05, 3.63) is 0 Å². The molecule has 5 heteroatoms. The second kappa shape index (κ2) is 9.14. The summed E-state index contributed by atoms with van der Waals surface area (Å²) in [7, 11) is 0. The first-order valence-electron chi connectivity index (χ1n) is 1.94. The molecule has 0 aliphatic heterocycles. The predicted octanol–water partition coefficient (Wildman–Crippen LogP) is -5.72. The van der Waals surface area contributed by atoms with E-state index in [9.17, 15) is 9.59 Å². The van der Waals surface area contributed by atoms with Gasteiger partial charge >= 0.3 is 65.1 Å². The molecule has 9 heavy (non-hydrogen) atoms. The van der Waals surface area contributed by atoms with Crippen LogP contribution in [0.1, 0.15) is 16.2 Å². The fraction of sp³-hybridized carbons (Fsp3) is 0.500. The Labute approximate surface area is 101 Å². The number of hydrogen-bond acceptors (Lipinski definition) is 2. The first kappa shape index (κ1) is 16.6. The molecule has 0 aromatic heterocycles. The average molecular weight is 150 g/mol. The zero-order valence-corrected chi connectivity index (χ0v) is 9.97. The molecule has 0 aliphatic rings. The van der Waals surface area contributed by atoms with Crippen LogP contribution in [0, 0.1) is 0 Å². The normalized spacial score (nSPS) is 6.33. The molecule has 0 aromatic carbocycles. The molecular formula is C4H8Na2O3. The fourth-order valence-corrected chi connectivity index (χ4v) is 0.151. The number of carboxylic acids is 1. The van der Waals surface area contributed by atoms with E-state index < -0.39 is 11.8 Å². The summed E-state index contributed by atoms with van der Waals surface area (Å²) in [5.41, 5.74) is 0. The van der Waals surface area contributed by atoms with Gasteiger partial charge in [0.1, 0.15) is 0 Å². The van der Waals surface area contributed by atoms with Crippen LogP contribution in [0.25, 0.3) is 0 Å². The molecule has 0 amide bonds. The number of hydrogen-bond donors (Lipinski definition) is 1. The average Bonchev–Trinajstić information content (AvgIpc) is 1.65. The summed E-state index contributed by atoms with van der Waals surface area (Å²) >= 11 is 0. The third kappa shape index (κ3) is 9.14. The molecule has 0 saturated carbocycles. The molecule has 0 bridgehead atoms. The maximum Gasteiger partial charge on any atom is 1.00 e. The molecule has 3 nitrogen and oxygen atoms in total. The quantitative estimate of drug-likeness (QED) is 0.315. The first-order chi connectivity index (χ1) is 3.18. The van der Waals surface area contributed by atoms with Crippen molar-refractivity contribution in [2.75, 3.05) is 0 Å². The van der Waals surface area contributed by atoms with Crippen LogP contribution < -0.4 is 59.1 Å². The summed E-state index contributed by atoms with van der Waals surface area (Å²) in [6.45, 7) is 1.51. The molecule has 1 N–H and O–H groups in total. The van der Waals surface area contributed by atoms with Crippen molar-refractivity contribution < 1.29 is 76.7 Å². The van der Waals surface area contributed by atoms with Crippen molar-refractivity contribution in [1.29, 1.82) is 0 Å². The zero-order chi connectivity index (χ0) is 5.86. The van der Waals surface area contributed by atoms with Crippen molar-refractivity contribution in [1.82, 2.24) is 0 Å². The van der Waals surface area contributed by atoms with Crippen molar-refractivity contribution in [2.45, 2.75) is 13.3 Å². The van der Waals surface area contributed by atoms with Crippen molar-refractivity contribution in [2.24, 2.45) is 0 Å². The van der Waals surface area contributed by atoms with E-state index >= 15 is 0 Å². The SMILES string of the molecule is CCC(=O)C(=O)O.[H-].[H-].[Na+].[Na+]. The predicted molar refractivity (Wildman–Crippen MR) is 25.2 cm³/mol. The van der Waals surface area contributed by atoms with Crippen molar-refractivity contribution in [3.63, 3.8) is 0 Å². The Kier molecular flexibility index (Phi) is 16.9. The summed E-state index contributed by atoms with van der Waals surface area (Å²) in [5.74, 6) is -2.08. The maximum atomic E-state index is 9.91. The number of carboxylic acid groups (broad SMARTS) is 1. The van der Waals surface area contributed by atoms with Gasteiger partial charge in [0.2, 0.25) is 5.78 Å². The van der Waals surface area contributed by atoms with Crippen LogP contribution in [0.4, 0.5) is 0 Å². The number of ketones is 1. The zero-order valence-electron chi connectivity index (χ0n) is 7.97. The number of carbonyl (C=O) groups is 2. The second-order valence-corrected chi connectivity index (χ2v) is 1.08. The molecule has 0 saturated heterocycles. The van der Waals surface area contributed by atoms with Crippen LogP contribution in [0.2, 0.25) is 0 Å². The minimum absolute atomic E-state index is 0. The van der Waals surface area contributed by atoms with E-state index in [1.807, 2.05) is 0 Å². The van der Waals surface area contributed by atoms with Gasteiger partial charge in [-0.05, 0) is 0 Å². The summed E-state index contributed by atoms with van der Waals surface area (Å²) in [6.07, 6.45) is 0.0787. The van der Waals surface area contributed by atoms with E-state index in [0.717, 1.165) is 0 Å². The number of Topliss-reactive ketones (excluding diaryl/α,β-unsaturated/α-hetero) is 1. The largest absolute Gasteiger partial charge is 1.00 e. The molecule has 0 fully saturated rings. The monoisotopic (exact) mass is 150 g/mol. The van der Waals surface area contributed by atoms with Gasteiger partial charge in [0.15, 0.2) is 0 Å². The Hall–Kier alpha value is 1.14. The molecule has 0 aromatic rings. The Morgan fingerprint density at radius 2 is 1.78 bits per heavy atom. The van der Waals surface area contributed by atoms with Gasteiger partial charge in [-0.1, -0.05) is 6.92 Å². The molecule has 0 spiro atoms. The number of rotatable bonds is 2. The third-order valence-electron chi connectivity index (χ3n) is 0.560. The molecule has 0 rings (SSSR count). The number of carbonyl (C=O) groups excluding carboxylic acids is 1. The van der Waals surface area contributed by atoms with E-state index in [1.165, 1.54) is 6.92 Å². The fourth-order valence-electron chi connectivity index (χ4n) is 0.151. The van der Waals surface area contributed by atoms with Crippen LogP contribution in [0.5, 0.6) is 0 Å². The molecule has 0 unspecified atom stereocenters. The minimum Gasteiger partial charge on any atom is -1.00 e. The first-order valence-corrected chi connectivity index (χ1v) is 1.94. The van der Waals surface area contributed by atoms with Crippen LogP contribution in [-0.4, -0.2) is 16.9 Å². The van der Waals surface area contributed by atoms with Gasteiger partial charge in [0, 0.05) is 6.42 Å². The van der Waals surface area contributed by atoms with Gasteiger partial charge in [0.05, 0.1) is 0 Å². The van der Waals surface area contributed by atoms with Crippen molar-refractivity contribution in [3.8, 4) is 0 Å². The topological polar surface area (TPSA) is 54.4 Å². The maximum absolute atomic E-state index is 9.91. The van der Waals surface area contributed by atoms with Gasteiger partial charge in [-0.25, -0.2) is 4.79 Å². The Morgan fingerprint density at radius 3 is 1.78 bits per heavy atom. The van der Waals surface area contributed by atoms with Crippen LogP contribution in [0.3, 0.4) is 0 Å². The van der Waals surface area contributed by atoms with E-state index in [0.29, 0.717) is 0 Å². The summed E-state index contributed by atoms with van der Waals surface area (Å²) in [4.78, 5) is 19.5. The van der Waals surface area contributed by atoms with Gasteiger partial charge < -0.3 is 7.96 Å². The molecule has 0 atom stereocenters. The van der Waals surface area contributed by atoms with Gasteiger partial charge in [-0.2, -0.15) is 0 Å². The van der Waals surface area contributed by atoms with Gasteiger partial charge in [-0.3, -0.25) is 4.79 Å². The smallest absolute Gasteiger partial charge is 1.00 e. The van der Waals surface area contributed by atoms with Crippen LogP contribution in [0.15, 0.2) is 0 Å². The van der Waals surface area contributed by atoms with E-state index in [-0.39, 0.29) is 68.4 Å². The van der Waals surface area contributed by atoms with Crippen LogP contribution in [-0.2, 0) is 9.59 Å². The van der Waals surface area contributed by atoms with E-state index in [2.05, 4.69) is 0 Å². The summed E-state index contributed by atoms with van der Waals surface area (Å²) in [6, 6.07) is 0. The summed E-state index contributed by atoms with van der Waals surface area (Å²) < 4.78 is 0. The Bertz CT molecular complexity index is 110. The van der Waals surface area contributed by atoms with Crippen molar-refractivity contribution >= 4 is 11.8 Å². The van der Waals surface area contributed by atoms with Gasteiger partial charge in [0.25, 0.3) is 0 Å². The van der Waals surface area contributed by atoms with E-state index in [4.69, 9.17) is 5.11 Å². The molecular weight excluding hydrogens is 142 g/mol. The number of aliphatic carboxylic acids is 1. The Morgan fingerprint density at radius 1 is 1.44 bits per heavy atom. The third-order valence-corrected chi connectivity index (χ3v) is 0.560. The molecule has 0 aliphatic carbocycles. The molecule has 0 heterocycles. The minimum atomic E-state index is -1.34. The van der Waals surface area contributed by atoms with Gasteiger partial charge in [-0.15, -0.1) is 0 Å². The molecule has 0 radical (unpaired) electrons. The molecule has 44 valence electrons. The summed E-state index contributed by atoms with van der Waals surface area (Å²) in [5, 5.41) is 7.83. The second-order valence-electron chi connectivity index (χ2n) is 1.08. The van der Waals surface area contributed by atoms with E-state index in [1.54, 1.807) is 0 Å². The standard InChI is InChI=1S/C4H6O3.2Na.2H/c1-2-3(5)4(6)7;;;;/h2H2,1H3,(H,6,7);;;;/q;2*+1;2*-1.